The van der Waals surface area contributed by atoms with Crippen LogP contribution in [0.1, 0.15) is 41.5 Å². The van der Waals surface area contributed by atoms with Crippen LogP contribution in [0, 0.1) is 0 Å². The lowest BCUT2D eigenvalue weighted by Gasteiger charge is -2.44. The molecule has 0 aromatic rings. The molecule has 0 unspecified atom stereocenters. The summed E-state index contributed by atoms with van der Waals surface area (Å²) in [5.41, 5.74) is 0. The largest absolute Gasteiger partial charge is 0.321 e. The summed E-state index contributed by atoms with van der Waals surface area (Å²) in [6, 6.07) is 1.98. The highest BCUT2D eigenvalue weighted by Gasteiger charge is 2.31. The minimum atomic E-state index is 0.661. The third-order valence-corrected chi connectivity index (χ3v) is 8.39. The number of hydrogen-bond donors (Lipinski definition) is 0. The van der Waals surface area contributed by atoms with Gasteiger partial charge < -0.3 is 12.7 Å². The van der Waals surface area contributed by atoms with Crippen molar-refractivity contribution in [3.05, 3.63) is 0 Å². The molecule has 3 nitrogen and oxygen atoms in total. The summed E-state index contributed by atoms with van der Waals surface area (Å²) >= 11 is 0. The highest BCUT2D eigenvalue weighted by atomic mass is 28.4. The van der Waals surface area contributed by atoms with Gasteiger partial charge in [0.1, 0.15) is 0 Å². The molecule has 0 aliphatic carbocycles. The van der Waals surface area contributed by atoms with Crippen LogP contribution in [0.25, 0.3) is 0 Å². The Bertz CT molecular complexity index is 160. The normalized spacial score (nSPS) is 22.2. The lowest BCUT2D eigenvalue weighted by molar-refractivity contribution is 0.384. The Balaban J connectivity index is 2.64. The maximum Gasteiger partial charge on any atom is 0.238 e. The Hall–Kier alpha value is 0.531. The van der Waals surface area contributed by atoms with Crippen molar-refractivity contribution in [2.45, 2.75) is 59.7 Å². The average Bonchev–Trinajstić information content (AvgIpc) is 2.16. The summed E-state index contributed by atoms with van der Waals surface area (Å²) < 4.78 is 7.78. The van der Waals surface area contributed by atoms with Crippen LogP contribution in [0.2, 0.25) is 0 Å². The molecule has 0 aromatic carbocycles. The molecule has 1 aliphatic heterocycles. The minimum absolute atomic E-state index is 0.661. The maximum absolute atomic E-state index is 2.59. The van der Waals surface area contributed by atoms with E-state index in [2.05, 4.69) is 54.2 Å². The van der Waals surface area contributed by atoms with E-state index in [-0.39, 0.29) is 0 Å². The molecule has 84 valence electrons. The predicted molar refractivity (Wildman–Crippen MR) is 68.2 cm³/mol. The Labute approximate surface area is 102 Å². The van der Waals surface area contributed by atoms with Gasteiger partial charge in [-0.1, -0.05) is 41.5 Å². The fraction of sp³-hybridized carbons (Fsp3) is 1.00. The molecule has 6 radical (unpaired) electrons. The summed E-state index contributed by atoms with van der Waals surface area (Å²) in [7, 11) is 2.62. The van der Waals surface area contributed by atoms with E-state index in [4.69, 9.17) is 0 Å². The number of hydrogen-bond acceptors (Lipinski definition) is 3. The molecule has 1 fully saturated rings. The van der Waals surface area contributed by atoms with Gasteiger partial charge in [0, 0.05) is 0 Å². The van der Waals surface area contributed by atoms with Crippen LogP contribution in [-0.2, 0) is 0 Å². The monoisotopic (exact) mass is 255 g/mol. The van der Waals surface area contributed by atoms with E-state index >= 15 is 0 Å². The van der Waals surface area contributed by atoms with Gasteiger partial charge in [-0.25, -0.2) is 0 Å². The number of nitrogens with zero attached hydrogens (tertiary/aromatic N) is 3. The SMILES string of the molecule is CC(C)N1[Si]N(C(C)C)[Si]N(C(C)C)[Si]1. The second kappa shape index (κ2) is 5.74. The van der Waals surface area contributed by atoms with E-state index in [1.54, 1.807) is 0 Å². The lowest BCUT2D eigenvalue weighted by Crippen LogP contribution is -2.65. The standard InChI is InChI=1S/C9H21N3Si3/c1-7(2)10-13-11(8(3)4)15-12(14-10)9(5)6/h7-9H,1-6H3. The molecule has 0 amide bonds. The van der Waals surface area contributed by atoms with E-state index in [1.807, 2.05) is 0 Å². The van der Waals surface area contributed by atoms with Crippen molar-refractivity contribution in [3.63, 3.8) is 0 Å². The van der Waals surface area contributed by atoms with Gasteiger partial charge in [-0.05, 0) is 18.1 Å². The van der Waals surface area contributed by atoms with Crippen LogP contribution in [0.5, 0.6) is 0 Å². The van der Waals surface area contributed by atoms with Gasteiger partial charge in [0.2, 0.25) is 29.5 Å². The molecule has 1 saturated heterocycles. The van der Waals surface area contributed by atoms with E-state index in [9.17, 15) is 0 Å². The topological polar surface area (TPSA) is 9.72 Å². The summed E-state index contributed by atoms with van der Waals surface area (Å²) in [6.07, 6.45) is 0. The van der Waals surface area contributed by atoms with Crippen LogP contribution >= 0.6 is 0 Å². The van der Waals surface area contributed by atoms with Gasteiger partial charge in [-0.15, -0.1) is 0 Å². The van der Waals surface area contributed by atoms with Gasteiger partial charge in [0.25, 0.3) is 0 Å². The molecule has 0 aromatic heterocycles. The van der Waals surface area contributed by atoms with Crippen molar-refractivity contribution in [1.82, 2.24) is 12.7 Å². The summed E-state index contributed by atoms with van der Waals surface area (Å²) in [5, 5.41) is 0. The second-order valence-corrected chi connectivity index (χ2v) is 9.52. The fourth-order valence-electron chi connectivity index (χ4n) is 1.11. The van der Waals surface area contributed by atoms with E-state index in [0.717, 1.165) is 29.5 Å². The van der Waals surface area contributed by atoms with E-state index < -0.39 is 0 Å². The first-order chi connectivity index (χ1) is 6.91. The fourth-order valence-corrected chi connectivity index (χ4v) is 6.57. The third kappa shape index (κ3) is 3.79. The third-order valence-electron chi connectivity index (χ3n) is 2.20. The molecule has 0 spiro atoms. The molecule has 15 heavy (non-hydrogen) atoms. The van der Waals surface area contributed by atoms with Crippen molar-refractivity contribution in [2.75, 3.05) is 0 Å². The summed E-state index contributed by atoms with van der Waals surface area (Å²) in [5.74, 6) is 0. The molecule has 1 aliphatic rings. The zero-order valence-corrected chi connectivity index (χ0v) is 13.6. The van der Waals surface area contributed by atoms with Crippen molar-refractivity contribution in [2.24, 2.45) is 0 Å². The molecule has 0 saturated carbocycles. The van der Waals surface area contributed by atoms with Crippen LogP contribution < -0.4 is 0 Å². The van der Waals surface area contributed by atoms with Gasteiger partial charge in [0.05, 0.1) is 0 Å². The summed E-state index contributed by atoms with van der Waals surface area (Å²) in [6.45, 7) is 13.8. The Kier molecular flexibility index (Phi) is 5.20. The quantitative estimate of drug-likeness (QED) is 0.689. The van der Waals surface area contributed by atoms with Crippen LogP contribution in [-0.4, -0.2) is 60.3 Å². The van der Waals surface area contributed by atoms with E-state index in [0.29, 0.717) is 18.1 Å². The second-order valence-electron chi connectivity index (χ2n) is 4.69. The first-order valence-corrected chi connectivity index (χ1v) is 8.26. The van der Waals surface area contributed by atoms with Crippen molar-refractivity contribution in [1.29, 1.82) is 0 Å². The molecule has 0 N–H and O–H groups in total. The molecule has 6 heteroatoms. The first kappa shape index (κ1) is 13.6. The Morgan fingerprint density at radius 2 is 0.733 bits per heavy atom. The van der Waals surface area contributed by atoms with Crippen LogP contribution in [0.15, 0.2) is 0 Å². The van der Waals surface area contributed by atoms with Gasteiger partial charge in [0.15, 0.2) is 0 Å². The predicted octanol–water partition coefficient (Wildman–Crippen LogP) is 0.734. The highest BCUT2D eigenvalue weighted by Crippen LogP contribution is 2.10. The Morgan fingerprint density at radius 1 is 0.533 bits per heavy atom. The Morgan fingerprint density at radius 3 is 0.867 bits per heavy atom. The van der Waals surface area contributed by atoms with Crippen LogP contribution in [0.3, 0.4) is 0 Å². The first-order valence-electron chi connectivity index (χ1n) is 5.58. The summed E-state index contributed by atoms with van der Waals surface area (Å²) in [4.78, 5) is 0. The van der Waals surface area contributed by atoms with Crippen LogP contribution in [0.4, 0.5) is 0 Å². The molecule has 1 rings (SSSR count). The van der Waals surface area contributed by atoms with Crippen molar-refractivity contribution < 1.29 is 0 Å². The highest BCUT2D eigenvalue weighted by molar-refractivity contribution is 6.64. The molecule has 1 heterocycles. The lowest BCUT2D eigenvalue weighted by atomic mass is 10.4. The van der Waals surface area contributed by atoms with E-state index in [1.165, 1.54) is 0 Å². The molecular formula is C9H21N3Si3. The minimum Gasteiger partial charge on any atom is -0.321 e. The van der Waals surface area contributed by atoms with Gasteiger partial charge >= 0.3 is 0 Å². The zero-order chi connectivity index (χ0) is 11.6. The maximum atomic E-state index is 2.59. The molecular weight excluding hydrogens is 234 g/mol. The van der Waals surface area contributed by atoms with Gasteiger partial charge in [-0.3, -0.25) is 0 Å². The van der Waals surface area contributed by atoms with Crippen molar-refractivity contribution in [3.8, 4) is 0 Å². The zero-order valence-electron chi connectivity index (χ0n) is 10.6. The van der Waals surface area contributed by atoms with Crippen molar-refractivity contribution >= 4 is 29.5 Å². The average molecular weight is 256 g/mol. The molecule has 0 atom stereocenters. The van der Waals surface area contributed by atoms with Gasteiger partial charge in [-0.2, -0.15) is 0 Å². The smallest absolute Gasteiger partial charge is 0.238 e. The molecule has 0 bridgehead atoms. The number of rotatable bonds is 3.